The van der Waals surface area contributed by atoms with E-state index in [2.05, 4.69) is 22.4 Å². The first kappa shape index (κ1) is 19.3. The third kappa shape index (κ3) is 4.36. The van der Waals surface area contributed by atoms with Gasteiger partial charge in [0.15, 0.2) is 0 Å². The number of benzene rings is 3. The van der Waals surface area contributed by atoms with Crippen molar-refractivity contribution in [2.45, 2.75) is 25.3 Å². The Morgan fingerprint density at radius 2 is 1.62 bits per heavy atom. The molecule has 0 aliphatic carbocycles. The summed E-state index contributed by atoms with van der Waals surface area (Å²) in [6.07, 6.45) is 2.37. The lowest BCUT2D eigenvalue weighted by Crippen LogP contribution is -2.28. The Morgan fingerprint density at radius 3 is 2.38 bits per heavy atom. The van der Waals surface area contributed by atoms with Gasteiger partial charge < -0.3 is 10.3 Å². The van der Waals surface area contributed by atoms with Gasteiger partial charge in [-0.15, -0.1) is 0 Å². The predicted molar refractivity (Wildman–Crippen MR) is 119 cm³/mol. The Kier molecular flexibility index (Phi) is 5.68. The van der Waals surface area contributed by atoms with Crippen molar-refractivity contribution in [2.75, 3.05) is 0 Å². The zero-order chi connectivity index (χ0) is 20.2. The fraction of sp³-hybridized carbons (Fsp3) is 0.160. The number of halogens is 1. The van der Waals surface area contributed by atoms with E-state index >= 15 is 0 Å². The summed E-state index contributed by atoms with van der Waals surface area (Å²) in [6, 6.07) is 25.9. The Balaban J connectivity index is 1.62. The molecule has 0 aliphatic heterocycles. The van der Waals surface area contributed by atoms with Gasteiger partial charge in [0.2, 0.25) is 5.91 Å². The van der Waals surface area contributed by atoms with E-state index < -0.39 is 0 Å². The molecule has 4 rings (SSSR count). The molecule has 0 spiro atoms. The number of rotatable bonds is 6. The first-order chi connectivity index (χ1) is 14.1. The zero-order valence-corrected chi connectivity index (χ0v) is 17.0. The molecule has 1 amide bonds. The highest BCUT2D eigenvalue weighted by molar-refractivity contribution is 6.30. The minimum absolute atomic E-state index is 0.0200. The van der Waals surface area contributed by atoms with Gasteiger partial charge in [-0.25, -0.2) is 0 Å². The number of hydrogen-bond acceptors (Lipinski definition) is 1. The summed E-state index contributed by atoms with van der Waals surface area (Å²) < 4.78 is 0. The molecule has 0 fully saturated rings. The molecule has 3 nitrogen and oxygen atoms in total. The van der Waals surface area contributed by atoms with E-state index in [0.29, 0.717) is 11.4 Å². The van der Waals surface area contributed by atoms with Crippen LogP contribution in [0.1, 0.15) is 42.0 Å². The van der Waals surface area contributed by atoms with E-state index in [1.54, 1.807) is 0 Å². The Hall–Kier alpha value is -3.04. The Bertz CT molecular complexity index is 1100. The SMILES string of the molecule is CC(NC(=O)CC(c1ccc(Cl)cc1)c1c[nH]c2ccccc12)c1ccccc1. The highest BCUT2D eigenvalue weighted by atomic mass is 35.5. The van der Waals surface area contributed by atoms with Crippen molar-refractivity contribution in [3.63, 3.8) is 0 Å². The standard InChI is InChI=1S/C25H23ClN2O/c1-17(18-7-3-2-4-8-18)28-25(29)15-22(19-11-13-20(26)14-12-19)23-16-27-24-10-6-5-9-21(23)24/h2-14,16-17,22,27H,15H2,1H3,(H,28,29). The quantitative estimate of drug-likeness (QED) is 0.395. The van der Waals surface area contributed by atoms with Crippen LogP contribution in [-0.2, 0) is 4.79 Å². The number of aromatic nitrogens is 1. The van der Waals surface area contributed by atoms with Crippen molar-refractivity contribution in [1.29, 1.82) is 0 Å². The molecule has 2 N–H and O–H groups in total. The van der Waals surface area contributed by atoms with Crippen molar-refractivity contribution in [1.82, 2.24) is 10.3 Å². The van der Waals surface area contributed by atoms with Gasteiger partial charge in [0.25, 0.3) is 0 Å². The first-order valence-corrected chi connectivity index (χ1v) is 10.2. The van der Waals surface area contributed by atoms with Gasteiger partial charge in [-0.3, -0.25) is 4.79 Å². The molecule has 29 heavy (non-hydrogen) atoms. The second-order valence-corrected chi connectivity index (χ2v) is 7.73. The van der Waals surface area contributed by atoms with Crippen LogP contribution >= 0.6 is 11.6 Å². The lowest BCUT2D eigenvalue weighted by molar-refractivity contribution is -0.121. The second kappa shape index (κ2) is 8.54. The molecular formula is C25H23ClN2O. The van der Waals surface area contributed by atoms with E-state index in [4.69, 9.17) is 11.6 Å². The van der Waals surface area contributed by atoms with Crippen LogP contribution in [0.25, 0.3) is 10.9 Å². The largest absolute Gasteiger partial charge is 0.361 e. The molecule has 2 atom stereocenters. The fourth-order valence-electron chi connectivity index (χ4n) is 3.80. The van der Waals surface area contributed by atoms with E-state index in [9.17, 15) is 4.79 Å². The Morgan fingerprint density at radius 1 is 0.931 bits per heavy atom. The summed E-state index contributed by atoms with van der Waals surface area (Å²) in [4.78, 5) is 16.3. The number of H-pyrrole nitrogens is 1. The molecule has 0 bridgehead atoms. The molecule has 2 unspecified atom stereocenters. The van der Waals surface area contributed by atoms with Crippen LogP contribution in [0.15, 0.2) is 85.1 Å². The molecule has 3 aromatic carbocycles. The summed E-state index contributed by atoms with van der Waals surface area (Å²) in [7, 11) is 0. The number of amides is 1. The van der Waals surface area contributed by atoms with Gasteiger partial charge in [0.1, 0.15) is 0 Å². The predicted octanol–water partition coefficient (Wildman–Crippen LogP) is 6.22. The molecule has 1 heterocycles. The van der Waals surface area contributed by atoms with Crippen molar-refractivity contribution < 1.29 is 4.79 Å². The lowest BCUT2D eigenvalue weighted by Gasteiger charge is -2.20. The maximum Gasteiger partial charge on any atom is 0.221 e. The monoisotopic (exact) mass is 402 g/mol. The van der Waals surface area contributed by atoms with Crippen LogP contribution < -0.4 is 5.32 Å². The molecular weight excluding hydrogens is 380 g/mol. The third-order valence-electron chi connectivity index (χ3n) is 5.34. The lowest BCUT2D eigenvalue weighted by atomic mass is 9.88. The van der Waals surface area contributed by atoms with Crippen molar-refractivity contribution >= 4 is 28.4 Å². The van der Waals surface area contributed by atoms with E-state index in [-0.39, 0.29) is 17.9 Å². The van der Waals surface area contributed by atoms with Gasteiger partial charge in [-0.2, -0.15) is 0 Å². The number of carbonyl (C=O) groups excluding carboxylic acids is 1. The summed E-state index contributed by atoms with van der Waals surface area (Å²) in [6.45, 7) is 2.01. The van der Waals surface area contributed by atoms with Crippen molar-refractivity contribution in [3.05, 3.63) is 107 Å². The third-order valence-corrected chi connectivity index (χ3v) is 5.59. The maximum atomic E-state index is 13.0. The van der Waals surface area contributed by atoms with E-state index in [1.807, 2.05) is 79.9 Å². The number of aromatic amines is 1. The number of fused-ring (bicyclic) bond motifs is 1. The van der Waals surface area contributed by atoms with Gasteiger partial charge in [-0.05, 0) is 41.8 Å². The van der Waals surface area contributed by atoms with Crippen LogP contribution in [0.3, 0.4) is 0 Å². The van der Waals surface area contributed by atoms with E-state index in [1.165, 1.54) is 0 Å². The average Bonchev–Trinajstić information content (AvgIpc) is 3.17. The molecule has 4 heteroatoms. The number of carbonyl (C=O) groups is 1. The molecule has 0 saturated heterocycles. The van der Waals surface area contributed by atoms with Crippen LogP contribution in [0, 0.1) is 0 Å². The van der Waals surface area contributed by atoms with Crippen molar-refractivity contribution in [3.8, 4) is 0 Å². The highest BCUT2D eigenvalue weighted by Gasteiger charge is 2.22. The molecule has 1 aromatic heterocycles. The minimum Gasteiger partial charge on any atom is -0.361 e. The summed E-state index contributed by atoms with van der Waals surface area (Å²) in [5.41, 5.74) is 4.35. The van der Waals surface area contributed by atoms with E-state index in [0.717, 1.165) is 27.6 Å². The van der Waals surface area contributed by atoms with Gasteiger partial charge in [-0.1, -0.05) is 72.3 Å². The fourth-order valence-corrected chi connectivity index (χ4v) is 3.92. The average molecular weight is 403 g/mol. The number of nitrogens with one attached hydrogen (secondary N) is 2. The van der Waals surface area contributed by atoms with Crippen molar-refractivity contribution in [2.24, 2.45) is 0 Å². The molecule has 0 radical (unpaired) electrons. The topological polar surface area (TPSA) is 44.9 Å². The zero-order valence-electron chi connectivity index (χ0n) is 16.2. The summed E-state index contributed by atoms with van der Waals surface area (Å²) in [5, 5.41) is 4.97. The molecule has 4 aromatic rings. The van der Waals surface area contributed by atoms with Crippen LogP contribution in [-0.4, -0.2) is 10.9 Å². The maximum absolute atomic E-state index is 13.0. The van der Waals surface area contributed by atoms with Gasteiger partial charge in [0.05, 0.1) is 6.04 Å². The van der Waals surface area contributed by atoms with Crippen LogP contribution in [0.5, 0.6) is 0 Å². The van der Waals surface area contributed by atoms with Gasteiger partial charge >= 0.3 is 0 Å². The summed E-state index contributed by atoms with van der Waals surface area (Å²) >= 11 is 6.09. The highest BCUT2D eigenvalue weighted by Crippen LogP contribution is 2.34. The molecule has 146 valence electrons. The minimum atomic E-state index is -0.0635. The Labute approximate surface area is 175 Å². The molecule has 0 aliphatic rings. The van der Waals surface area contributed by atoms with Crippen LogP contribution in [0.4, 0.5) is 0 Å². The summed E-state index contributed by atoms with van der Waals surface area (Å²) in [5.74, 6) is -0.0435. The normalized spacial score (nSPS) is 13.2. The number of hydrogen-bond donors (Lipinski definition) is 2. The van der Waals surface area contributed by atoms with Crippen LogP contribution in [0.2, 0.25) is 5.02 Å². The second-order valence-electron chi connectivity index (χ2n) is 7.30. The van der Waals surface area contributed by atoms with Gasteiger partial charge in [0, 0.05) is 34.5 Å². The first-order valence-electron chi connectivity index (χ1n) is 9.77. The number of para-hydroxylation sites is 1. The smallest absolute Gasteiger partial charge is 0.221 e. The molecule has 0 saturated carbocycles.